The molecule has 0 saturated heterocycles. The topological polar surface area (TPSA) is 93.6 Å². The standard InChI is InChI=1S/C11H5N3O2/c12-5-8(6-13)3-7-1-2-10-9(4-7)14-11(15)16-10/h1-4H,(H,14,15). The van der Waals surface area contributed by atoms with Crippen molar-refractivity contribution in [2.45, 2.75) is 0 Å². The number of hydrogen-bond acceptors (Lipinski definition) is 4. The van der Waals surface area contributed by atoms with Gasteiger partial charge >= 0.3 is 5.76 Å². The molecule has 0 fully saturated rings. The van der Waals surface area contributed by atoms with E-state index < -0.39 is 5.76 Å². The van der Waals surface area contributed by atoms with Crippen molar-refractivity contribution >= 4 is 17.2 Å². The maximum Gasteiger partial charge on any atom is 0.417 e. The molecule has 0 aliphatic rings. The van der Waals surface area contributed by atoms with Crippen LogP contribution in [0.1, 0.15) is 5.56 Å². The first-order chi connectivity index (χ1) is 7.72. The number of aromatic nitrogens is 1. The van der Waals surface area contributed by atoms with Crippen LogP contribution in [0.15, 0.2) is 33.0 Å². The second kappa shape index (κ2) is 3.76. The number of oxazole rings is 1. The predicted octanol–water partition coefficient (Wildman–Crippen LogP) is 1.55. The number of nitrogens with one attached hydrogen (secondary N) is 1. The van der Waals surface area contributed by atoms with E-state index >= 15 is 0 Å². The average molecular weight is 211 g/mol. The molecule has 16 heavy (non-hydrogen) atoms. The third-order valence-electron chi connectivity index (χ3n) is 1.99. The molecule has 0 atom stereocenters. The van der Waals surface area contributed by atoms with Crippen LogP contribution in [0, 0.1) is 22.7 Å². The summed E-state index contributed by atoms with van der Waals surface area (Å²) in [4.78, 5) is 13.4. The Bertz CT molecular complexity index is 691. The third-order valence-corrected chi connectivity index (χ3v) is 1.99. The summed E-state index contributed by atoms with van der Waals surface area (Å²) in [6.45, 7) is 0. The molecule has 5 nitrogen and oxygen atoms in total. The number of allylic oxidation sites excluding steroid dienone is 1. The van der Waals surface area contributed by atoms with E-state index in [-0.39, 0.29) is 5.57 Å². The van der Waals surface area contributed by atoms with Gasteiger partial charge in [0.1, 0.15) is 17.7 Å². The summed E-state index contributed by atoms with van der Waals surface area (Å²) in [5.74, 6) is -0.531. The normalized spacial score (nSPS) is 9.38. The van der Waals surface area contributed by atoms with Crippen molar-refractivity contribution in [1.29, 1.82) is 10.5 Å². The zero-order valence-electron chi connectivity index (χ0n) is 8.02. The van der Waals surface area contributed by atoms with Crippen LogP contribution < -0.4 is 5.76 Å². The molecule has 0 aliphatic heterocycles. The lowest BCUT2D eigenvalue weighted by Crippen LogP contribution is -1.92. The zero-order valence-corrected chi connectivity index (χ0v) is 8.02. The molecule has 1 aromatic carbocycles. The van der Waals surface area contributed by atoms with Gasteiger partial charge in [0, 0.05) is 0 Å². The number of nitrogens with zero attached hydrogens (tertiary/aromatic N) is 2. The molecule has 1 heterocycles. The lowest BCUT2D eigenvalue weighted by Gasteiger charge is -1.91. The monoisotopic (exact) mass is 211 g/mol. The van der Waals surface area contributed by atoms with E-state index in [4.69, 9.17) is 14.9 Å². The Labute approximate surface area is 89.8 Å². The smallest absolute Gasteiger partial charge is 0.408 e. The van der Waals surface area contributed by atoms with Crippen LogP contribution in [-0.2, 0) is 0 Å². The fourth-order valence-electron chi connectivity index (χ4n) is 1.32. The van der Waals surface area contributed by atoms with Crippen LogP contribution in [0.25, 0.3) is 17.2 Å². The van der Waals surface area contributed by atoms with E-state index in [1.165, 1.54) is 6.08 Å². The molecule has 2 rings (SSSR count). The highest BCUT2D eigenvalue weighted by molar-refractivity contribution is 5.77. The summed E-state index contributed by atoms with van der Waals surface area (Å²) < 4.78 is 4.82. The Hall–Kier alpha value is -2.79. The maximum absolute atomic E-state index is 10.9. The molecule has 1 N–H and O–H groups in total. The van der Waals surface area contributed by atoms with Gasteiger partial charge in [0.2, 0.25) is 0 Å². The summed E-state index contributed by atoms with van der Waals surface area (Å²) in [6.07, 6.45) is 1.44. The van der Waals surface area contributed by atoms with Crippen LogP contribution in [0.2, 0.25) is 0 Å². The molecule has 0 amide bonds. The van der Waals surface area contributed by atoms with Crippen LogP contribution in [0.3, 0.4) is 0 Å². The first-order valence-corrected chi connectivity index (χ1v) is 4.37. The van der Waals surface area contributed by atoms with Crippen molar-refractivity contribution in [3.8, 4) is 12.1 Å². The van der Waals surface area contributed by atoms with Gasteiger partial charge in [-0.05, 0) is 23.8 Å². The average Bonchev–Trinajstić information content (AvgIpc) is 2.65. The Morgan fingerprint density at radius 1 is 1.38 bits per heavy atom. The Morgan fingerprint density at radius 2 is 2.12 bits per heavy atom. The van der Waals surface area contributed by atoms with E-state index in [0.29, 0.717) is 16.7 Å². The fraction of sp³-hybridized carbons (Fsp3) is 0. The molecule has 0 saturated carbocycles. The predicted molar refractivity (Wildman–Crippen MR) is 56.0 cm³/mol. The number of benzene rings is 1. The molecule has 0 aliphatic carbocycles. The van der Waals surface area contributed by atoms with Crippen molar-refractivity contribution in [2.24, 2.45) is 0 Å². The Kier molecular flexibility index (Phi) is 2.29. The second-order valence-corrected chi connectivity index (χ2v) is 3.05. The van der Waals surface area contributed by atoms with E-state index in [1.807, 2.05) is 0 Å². The lowest BCUT2D eigenvalue weighted by molar-refractivity contribution is 0.555. The van der Waals surface area contributed by atoms with Crippen LogP contribution in [-0.4, -0.2) is 4.98 Å². The van der Waals surface area contributed by atoms with E-state index in [2.05, 4.69) is 4.98 Å². The summed E-state index contributed by atoms with van der Waals surface area (Å²) >= 11 is 0. The van der Waals surface area contributed by atoms with Gasteiger partial charge in [0.05, 0.1) is 5.52 Å². The van der Waals surface area contributed by atoms with E-state index in [1.54, 1.807) is 30.3 Å². The molecule has 0 spiro atoms. The van der Waals surface area contributed by atoms with E-state index in [9.17, 15) is 4.79 Å². The molecule has 0 radical (unpaired) electrons. The molecule has 0 bridgehead atoms. The Balaban J connectivity index is 2.57. The minimum atomic E-state index is -0.531. The third kappa shape index (κ3) is 1.70. The van der Waals surface area contributed by atoms with Crippen molar-refractivity contribution in [3.05, 3.63) is 39.9 Å². The minimum Gasteiger partial charge on any atom is -0.408 e. The van der Waals surface area contributed by atoms with Gasteiger partial charge in [-0.25, -0.2) is 4.79 Å². The summed E-state index contributed by atoms with van der Waals surface area (Å²) in [5, 5.41) is 17.2. The lowest BCUT2D eigenvalue weighted by atomic mass is 10.1. The second-order valence-electron chi connectivity index (χ2n) is 3.05. The van der Waals surface area contributed by atoms with E-state index in [0.717, 1.165) is 0 Å². The van der Waals surface area contributed by atoms with Gasteiger partial charge in [-0.3, -0.25) is 4.98 Å². The summed E-state index contributed by atoms with van der Waals surface area (Å²) in [6, 6.07) is 8.41. The summed E-state index contributed by atoms with van der Waals surface area (Å²) in [5.41, 5.74) is 1.64. The highest BCUT2D eigenvalue weighted by Gasteiger charge is 2.01. The molecule has 76 valence electrons. The molecule has 2 aromatic rings. The van der Waals surface area contributed by atoms with Crippen LogP contribution >= 0.6 is 0 Å². The van der Waals surface area contributed by atoms with Crippen molar-refractivity contribution in [3.63, 3.8) is 0 Å². The number of aromatic amines is 1. The first kappa shape index (κ1) is 9.75. The number of fused-ring (bicyclic) bond motifs is 1. The van der Waals surface area contributed by atoms with Crippen molar-refractivity contribution in [2.75, 3.05) is 0 Å². The van der Waals surface area contributed by atoms with Gasteiger partial charge in [0.15, 0.2) is 5.58 Å². The minimum absolute atomic E-state index is 0.00481. The molecular formula is C11H5N3O2. The van der Waals surface area contributed by atoms with Gasteiger partial charge in [0.25, 0.3) is 0 Å². The fourth-order valence-corrected chi connectivity index (χ4v) is 1.32. The van der Waals surface area contributed by atoms with Crippen molar-refractivity contribution < 1.29 is 4.42 Å². The summed E-state index contributed by atoms with van der Waals surface area (Å²) in [7, 11) is 0. The Morgan fingerprint density at radius 3 is 2.81 bits per heavy atom. The number of hydrogen-bond donors (Lipinski definition) is 1. The maximum atomic E-state index is 10.9. The van der Waals surface area contributed by atoms with Crippen LogP contribution in [0.4, 0.5) is 0 Å². The largest absolute Gasteiger partial charge is 0.417 e. The quantitative estimate of drug-likeness (QED) is 0.724. The number of nitriles is 2. The highest BCUT2D eigenvalue weighted by Crippen LogP contribution is 2.14. The molecule has 1 aromatic heterocycles. The SMILES string of the molecule is N#CC(C#N)=Cc1ccc2oc(=O)[nH]c2c1. The van der Waals surface area contributed by atoms with Crippen molar-refractivity contribution in [1.82, 2.24) is 4.98 Å². The molecule has 5 heteroatoms. The molecular weight excluding hydrogens is 206 g/mol. The highest BCUT2D eigenvalue weighted by atomic mass is 16.4. The van der Waals surface area contributed by atoms with Gasteiger partial charge in [-0.2, -0.15) is 10.5 Å². The zero-order chi connectivity index (χ0) is 11.5. The van der Waals surface area contributed by atoms with Gasteiger partial charge in [-0.1, -0.05) is 6.07 Å². The number of H-pyrrole nitrogens is 1. The first-order valence-electron chi connectivity index (χ1n) is 4.37. The van der Waals surface area contributed by atoms with Gasteiger partial charge < -0.3 is 4.42 Å². The van der Waals surface area contributed by atoms with Crippen LogP contribution in [0.5, 0.6) is 0 Å². The number of rotatable bonds is 1. The molecule has 0 unspecified atom stereocenters. The van der Waals surface area contributed by atoms with Gasteiger partial charge in [-0.15, -0.1) is 0 Å².